The van der Waals surface area contributed by atoms with Gasteiger partial charge in [0.05, 0.1) is 0 Å². The van der Waals surface area contributed by atoms with Crippen molar-refractivity contribution in [3.63, 3.8) is 0 Å². The topological polar surface area (TPSA) is 12.0 Å². The van der Waals surface area contributed by atoms with Crippen molar-refractivity contribution in [1.82, 2.24) is 5.32 Å². The van der Waals surface area contributed by atoms with Crippen molar-refractivity contribution in [3.05, 3.63) is 23.9 Å². The van der Waals surface area contributed by atoms with Crippen LogP contribution in [0.4, 0.5) is 0 Å². The molecule has 11 heavy (non-hydrogen) atoms. The fraction of sp³-hybridized carbons (Fsp3) is 0.600. The molecule has 60 valence electrons. The fourth-order valence-electron chi connectivity index (χ4n) is 2.03. The third kappa shape index (κ3) is 1.47. The van der Waals surface area contributed by atoms with Gasteiger partial charge in [-0.05, 0) is 36.6 Å². The highest BCUT2D eigenvalue weighted by Crippen LogP contribution is 2.31. The molecule has 0 spiro atoms. The highest BCUT2D eigenvalue weighted by atomic mass is 14.8. The minimum atomic E-state index is 0.883. The van der Waals surface area contributed by atoms with E-state index in [2.05, 4.69) is 23.7 Å². The second-order valence-corrected chi connectivity index (χ2v) is 3.43. The summed E-state index contributed by atoms with van der Waals surface area (Å²) in [4.78, 5) is 0. The minimum absolute atomic E-state index is 0.883. The average Bonchev–Trinajstić information content (AvgIpc) is 2.58. The smallest absolute Gasteiger partial charge is 0.0331 e. The van der Waals surface area contributed by atoms with Crippen LogP contribution >= 0.6 is 0 Å². The molecular weight excluding hydrogens is 134 g/mol. The molecule has 1 aliphatic carbocycles. The lowest BCUT2D eigenvalue weighted by molar-refractivity contribution is 0.649. The molecule has 2 aliphatic rings. The number of dihydropyridines is 1. The van der Waals surface area contributed by atoms with Crippen LogP contribution in [0.3, 0.4) is 0 Å². The van der Waals surface area contributed by atoms with Gasteiger partial charge in [0.25, 0.3) is 0 Å². The fourth-order valence-corrected chi connectivity index (χ4v) is 2.03. The maximum atomic E-state index is 3.18. The van der Waals surface area contributed by atoms with Gasteiger partial charge in [0.2, 0.25) is 0 Å². The van der Waals surface area contributed by atoms with Gasteiger partial charge in [-0.2, -0.15) is 0 Å². The van der Waals surface area contributed by atoms with Gasteiger partial charge in [0.1, 0.15) is 0 Å². The summed E-state index contributed by atoms with van der Waals surface area (Å²) in [7, 11) is 0. The second-order valence-electron chi connectivity index (χ2n) is 3.43. The van der Waals surface area contributed by atoms with Crippen molar-refractivity contribution >= 4 is 0 Å². The molecule has 0 bridgehead atoms. The average molecular weight is 149 g/mol. The Morgan fingerprint density at radius 2 is 2.09 bits per heavy atom. The maximum Gasteiger partial charge on any atom is 0.0331 e. The maximum absolute atomic E-state index is 3.18. The Balaban J connectivity index is 2.02. The molecule has 0 aromatic carbocycles. The largest absolute Gasteiger partial charge is 0.387 e. The molecule has 1 N–H and O–H groups in total. The Kier molecular flexibility index (Phi) is 1.97. The monoisotopic (exact) mass is 149 g/mol. The normalized spacial score (nSPS) is 24.9. The Bertz CT molecular complexity index is 185. The van der Waals surface area contributed by atoms with Crippen LogP contribution in [0.5, 0.6) is 0 Å². The van der Waals surface area contributed by atoms with E-state index in [1.807, 2.05) is 0 Å². The highest BCUT2D eigenvalue weighted by molar-refractivity contribution is 5.25. The van der Waals surface area contributed by atoms with E-state index < -0.39 is 0 Å². The van der Waals surface area contributed by atoms with E-state index in [4.69, 9.17) is 0 Å². The van der Waals surface area contributed by atoms with Crippen molar-refractivity contribution in [2.75, 3.05) is 6.54 Å². The number of hydrogen-bond acceptors (Lipinski definition) is 1. The molecule has 0 aromatic rings. The van der Waals surface area contributed by atoms with Gasteiger partial charge >= 0.3 is 0 Å². The van der Waals surface area contributed by atoms with Gasteiger partial charge in [-0.3, -0.25) is 0 Å². The molecule has 0 saturated heterocycles. The molecule has 0 radical (unpaired) electrons. The zero-order valence-corrected chi connectivity index (χ0v) is 6.84. The van der Waals surface area contributed by atoms with Crippen LogP contribution in [-0.4, -0.2) is 6.54 Å². The van der Waals surface area contributed by atoms with E-state index in [0.717, 1.165) is 12.5 Å². The van der Waals surface area contributed by atoms with Crippen LogP contribution in [-0.2, 0) is 0 Å². The molecule has 1 saturated carbocycles. The first-order valence-electron chi connectivity index (χ1n) is 4.57. The van der Waals surface area contributed by atoms with Crippen LogP contribution < -0.4 is 5.32 Å². The zero-order chi connectivity index (χ0) is 7.52. The molecule has 1 heterocycles. The number of allylic oxidation sites excluding steroid dienone is 2. The van der Waals surface area contributed by atoms with Crippen molar-refractivity contribution in [2.45, 2.75) is 25.7 Å². The summed E-state index contributed by atoms with van der Waals surface area (Å²) in [5.74, 6) is 0.883. The molecule has 0 aromatic heterocycles. The summed E-state index contributed by atoms with van der Waals surface area (Å²) >= 11 is 0. The van der Waals surface area contributed by atoms with Crippen molar-refractivity contribution in [2.24, 2.45) is 5.92 Å². The van der Waals surface area contributed by atoms with Crippen molar-refractivity contribution in [3.8, 4) is 0 Å². The Morgan fingerprint density at radius 1 is 1.27 bits per heavy atom. The third-order valence-corrected chi connectivity index (χ3v) is 2.68. The summed E-state index contributed by atoms with van der Waals surface area (Å²) in [6.45, 7) is 1.03. The molecule has 0 unspecified atom stereocenters. The van der Waals surface area contributed by atoms with E-state index in [9.17, 15) is 0 Å². The van der Waals surface area contributed by atoms with Crippen LogP contribution in [0, 0.1) is 5.92 Å². The second kappa shape index (κ2) is 3.12. The first-order chi connectivity index (χ1) is 5.47. The van der Waals surface area contributed by atoms with E-state index in [0.29, 0.717) is 0 Å². The third-order valence-electron chi connectivity index (χ3n) is 2.68. The zero-order valence-electron chi connectivity index (χ0n) is 6.84. The summed E-state index contributed by atoms with van der Waals surface area (Å²) < 4.78 is 0. The van der Waals surface area contributed by atoms with Crippen molar-refractivity contribution < 1.29 is 0 Å². The van der Waals surface area contributed by atoms with Gasteiger partial charge in [0, 0.05) is 6.54 Å². The quantitative estimate of drug-likeness (QED) is 0.602. The lowest BCUT2D eigenvalue weighted by Crippen LogP contribution is -2.11. The molecule has 1 heteroatoms. The van der Waals surface area contributed by atoms with E-state index >= 15 is 0 Å². The lowest BCUT2D eigenvalue weighted by atomic mass is 9.96. The standard InChI is InChI=1S/C10H15N/c1-2-4-9(3-1)10-5-7-11-8-6-10/h5-7,9,11H,1-4,8H2. The van der Waals surface area contributed by atoms with Gasteiger partial charge in [0.15, 0.2) is 0 Å². The van der Waals surface area contributed by atoms with E-state index in [-0.39, 0.29) is 0 Å². The van der Waals surface area contributed by atoms with Gasteiger partial charge in [-0.15, -0.1) is 0 Å². The van der Waals surface area contributed by atoms with Gasteiger partial charge < -0.3 is 5.32 Å². The van der Waals surface area contributed by atoms with Crippen LogP contribution in [0.1, 0.15) is 25.7 Å². The predicted octanol–water partition coefficient (Wildman–Crippen LogP) is 2.22. The summed E-state index contributed by atoms with van der Waals surface area (Å²) in [5.41, 5.74) is 1.57. The number of rotatable bonds is 1. The molecule has 1 nitrogen and oxygen atoms in total. The molecule has 0 atom stereocenters. The Hall–Kier alpha value is -0.720. The highest BCUT2D eigenvalue weighted by Gasteiger charge is 2.17. The molecule has 0 amide bonds. The van der Waals surface area contributed by atoms with Crippen LogP contribution in [0.25, 0.3) is 0 Å². The summed E-state index contributed by atoms with van der Waals surface area (Å²) in [5, 5.41) is 3.18. The predicted molar refractivity (Wildman–Crippen MR) is 47.2 cm³/mol. The molecule has 1 fully saturated rings. The SMILES string of the molecule is C1=CC(C2CCCC2)=CCN1. The van der Waals surface area contributed by atoms with E-state index in [1.54, 1.807) is 5.57 Å². The Morgan fingerprint density at radius 3 is 2.73 bits per heavy atom. The number of hydrogen-bond donors (Lipinski definition) is 1. The van der Waals surface area contributed by atoms with Crippen LogP contribution in [0.2, 0.25) is 0 Å². The van der Waals surface area contributed by atoms with Gasteiger partial charge in [-0.1, -0.05) is 18.9 Å². The summed E-state index contributed by atoms with van der Waals surface area (Å²) in [6.07, 6.45) is 12.3. The minimum Gasteiger partial charge on any atom is -0.387 e. The molecule has 2 rings (SSSR count). The first kappa shape index (κ1) is 6.96. The number of nitrogens with one attached hydrogen (secondary N) is 1. The summed E-state index contributed by atoms with van der Waals surface area (Å²) in [6, 6.07) is 0. The van der Waals surface area contributed by atoms with Gasteiger partial charge in [-0.25, -0.2) is 0 Å². The van der Waals surface area contributed by atoms with E-state index in [1.165, 1.54) is 25.7 Å². The molecular formula is C10H15N. The van der Waals surface area contributed by atoms with Crippen LogP contribution in [0.15, 0.2) is 23.9 Å². The lowest BCUT2D eigenvalue weighted by Gasteiger charge is -2.14. The van der Waals surface area contributed by atoms with Crippen molar-refractivity contribution in [1.29, 1.82) is 0 Å². The Labute approximate surface area is 68.2 Å². The molecule has 1 aliphatic heterocycles. The first-order valence-corrected chi connectivity index (χ1v) is 4.57.